The second kappa shape index (κ2) is 7.77. The molecule has 142 valence electrons. The van der Waals surface area contributed by atoms with Crippen molar-refractivity contribution in [3.8, 4) is 5.75 Å². The molecule has 0 aliphatic carbocycles. The van der Waals surface area contributed by atoms with Crippen LogP contribution in [0, 0.1) is 6.92 Å². The maximum Gasteiger partial charge on any atom is 0.243 e. The minimum absolute atomic E-state index is 0.317. The van der Waals surface area contributed by atoms with Gasteiger partial charge in [-0.3, -0.25) is 9.58 Å². The van der Waals surface area contributed by atoms with E-state index in [4.69, 9.17) is 4.74 Å². The van der Waals surface area contributed by atoms with Crippen LogP contribution in [0.1, 0.15) is 18.2 Å². The van der Waals surface area contributed by atoms with Crippen molar-refractivity contribution in [2.24, 2.45) is 7.05 Å². The second-order valence-electron chi connectivity index (χ2n) is 6.46. The third kappa shape index (κ3) is 3.92. The Morgan fingerprint density at radius 3 is 2.31 bits per heavy atom. The van der Waals surface area contributed by atoms with Gasteiger partial charge in [0.15, 0.2) is 0 Å². The SMILES string of the molecule is CCOc1ccc(S(=O)(=O)N2CCN(Cc3cnn(C)c3C)CC2)cc1. The number of rotatable bonds is 6. The van der Waals surface area contributed by atoms with E-state index in [9.17, 15) is 8.42 Å². The van der Waals surface area contributed by atoms with Crippen LogP contribution in [0.4, 0.5) is 0 Å². The molecule has 0 spiro atoms. The van der Waals surface area contributed by atoms with E-state index in [1.807, 2.05) is 24.9 Å². The summed E-state index contributed by atoms with van der Waals surface area (Å²) in [6, 6.07) is 6.65. The summed E-state index contributed by atoms with van der Waals surface area (Å²) in [4.78, 5) is 2.59. The summed E-state index contributed by atoms with van der Waals surface area (Å²) in [6.07, 6.45) is 1.89. The number of piperazine rings is 1. The summed E-state index contributed by atoms with van der Waals surface area (Å²) in [5.41, 5.74) is 2.34. The molecule has 0 N–H and O–H groups in total. The Balaban J connectivity index is 1.62. The second-order valence-corrected chi connectivity index (χ2v) is 8.40. The van der Waals surface area contributed by atoms with Gasteiger partial charge in [-0.05, 0) is 38.1 Å². The highest BCUT2D eigenvalue weighted by Crippen LogP contribution is 2.21. The van der Waals surface area contributed by atoms with Gasteiger partial charge in [0.25, 0.3) is 0 Å². The molecule has 0 bridgehead atoms. The maximum absolute atomic E-state index is 12.8. The average Bonchev–Trinajstić information content (AvgIpc) is 2.95. The van der Waals surface area contributed by atoms with Gasteiger partial charge >= 0.3 is 0 Å². The Labute approximate surface area is 155 Å². The number of sulfonamides is 1. The van der Waals surface area contributed by atoms with Crippen LogP contribution in [-0.2, 0) is 23.6 Å². The van der Waals surface area contributed by atoms with Crippen LogP contribution >= 0.6 is 0 Å². The number of aromatic nitrogens is 2. The van der Waals surface area contributed by atoms with Crippen molar-refractivity contribution in [1.29, 1.82) is 0 Å². The van der Waals surface area contributed by atoms with Crippen molar-refractivity contribution in [1.82, 2.24) is 19.0 Å². The fourth-order valence-corrected chi connectivity index (χ4v) is 4.51. The highest BCUT2D eigenvalue weighted by Gasteiger charge is 2.28. The first kappa shape index (κ1) is 18.9. The van der Waals surface area contributed by atoms with E-state index in [-0.39, 0.29) is 0 Å². The van der Waals surface area contributed by atoms with Gasteiger partial charge in [-0.1, -0.05) is 0 Å². The molecule has 2 heterocycles. The molecule has 1 saturated heterocycles. The Morgan fingerprint density at radius 1 is 1.12 bits per heavy atom. The third-order valence-electron chi connectivity index (χ3n) is 4.83. The molecule has 2 aromatic rings. The Bertz CT molecular complexity index is 838. The molecule has 0 amide bonds. The van der Waals surface area contributed by atoms with E-state index in [0.29, 0.717) is 43.4 Å². The lowest BCUT2D eigenvalue weighted by molar-refractivity contribution is 0.181. The molecule has 26 heavy (non-hydrogen) atoms. The lowest BCUT2D eigenvalue weighted by atomic mass is 10.2. The van der Waals surface area contributed by atoms with Crippen LogP contribution < -0.4 is 4.74 Å². The van der Waals surface area contributed by atoms with Crippen LogP contribution in [-0.4, -0.2) is 60.2 Å². The first-order valence-corrected chi connectivity index (χ1v) is 10.3. The van der Waals surface area contributed by atoms with Crippen LogP contribution in [0.3, 0.4) is 0 Å². The molecular formula is C18H26N4O3S. The maximum atomic E-state index is 12.8. The van der Waals surface area contributed by atoms with Crippen LogP contribution in [0.5, 0.6) is 5.75 Å². The van der Waals surface area contributed by atoms with Gasteiger partial charge in [-0.2, -0.15) is 9.40 Å². The monoisotopic (exact) mass is 378 g/mol. The van der Waals surface area contributed by atoms with Gasteiger partial charge in [-0.25, -0.2) is 8.42 Å². The van der Waals surface area contributed by atoms with Crippen molar-refractivity contribution in [3.05, 3.63) is 41.7 Å². The van der Waals surface area contributed by atoms with E-state index in [1.165, 1.54) is 5.56 Å². The van der Waals surface area contributed by atoms with Gasteiger partial charge in [0, 0.05) is 51.0 Å². The quantitative estimate of drug-likeness (QED) is 0.764. The van der Waals surface area contributed by atoms with E-state index < -0.39 is 10.0 Å². The van der Waals surface area contributed by atoms with Crippen molar-refractivity contribution in [2.45, 2.75) is 25.3 Å². The predicted octanol–water partition coefficient (Wildman–Crippen LogP) is 1.63. The van der Waals surface area contributed by atoms with Crippen molar-refractivity contribution in [2.75, 3.05) is 32.8 Å². The highest BCUT2D eigenvalue weighted by molar-refractivity contribution is 7.89. The zero-order valence-corrected chi connectivity index (χ0v) is 16.4. The van der Waals surface area contributed by atoms with Crippen LogP contribution in [0.25, 0.3) is 0 Å². The summed E-state index contributed by atoms with van der Waals surface area (Å²) >= 11 is 0. The first-order valence-electron chi connectivity index (χ1n) is 8.84. The number of benzene rings is 1. The van der Waals surface area contributed by atoms with Crippen molar-refractivity contribution in [3.63, 3.8) is 0 Å². The smallest absolute Gasteiger partial charge is 0.243 e. The molecule has 3 rings (SSSR count). The molecule has 1 aromatic heterocycles. The third-order valence-corrected chi connectivity index (χ3v) is 6.75. The number of ether oxygens (including phenoxy) is 1. The molecule has 0 unspecified atom stereocenters. The lowest BCUT2D eigenvalue weighted by Crippen LogP contribution is -2.48. The summed E-state index contributed by atoms with van der Waals surface area (Å²) in [7, 11) is -1.53. The molecule has 1 fully saturated rings. The first-order chi connectivity index (χ1) is 12.4. The van der Waals surface area contributed by atoms with E-state index >= 15 is 0 Å². The number of hydrogen-bond donors (Lipinski definition) is 0. The van der Waals surface area contributed by atoms with E-state index in [0.717, 1.165) is 12.2 Å². The normalized spacial score (nSPS) is 16.7. The summed E-state index contributed by atoms with van der Waals surface area (Å²) in [5.74, 6) is 0.683. The molecule has 1 aliphatic heterocycles. The fraction of sp³-hybridized carbons (Fsp3) is 0.500. The number of aryl methyl sites for hydroxylation is 1. The van der Waals surface area contributed by atoms with E-state index in [2.05, 4.69) is 16.9 Å². The Kier molecular flexibility index (Phi) is 5.64. The largest absolute Gasteiger partial charge is 0.494 e. The fourth-order valence-electron chi connectivity index (χ4n) is 3.09. The Morgan fingerprint density at radius 2 is 1.77 bits per heavy atom. The minimum atomic E-state index is -3.46. The predicted molar refractivity (Wildman–Crippen MR) is 99.6 cm³/mol. The van der Waals surface area contributed by atoms with Crippen LogP contribution in [0.15, 0.2) is 35.4 Å². The molecule has 8 heteroatoms. The van der Waals surface area contributed by atoms with Crippen LogP contribution in [0.2, 0.25) is 0 Å². The topological polar surface area (TPSA) is 67.7 Å². The standard InChI is InChI=1S/C18H26N4O3S/c1-4-25-17-5-7-18(8-6-17)26(23,24)22-11-9-21(10-12-22)14-16-13-19-20(3)15(16)2/h5-8,13H,4,9-12,14H2,1-3H3. The Hall–Kier alpha value is -1.90. The summed E-state index contributed by atoms with van der Waals surface area (Å²) < 4.78 is 34.5. The number of nitrogens with zero attached hydrogens (tertiary/aromatic N) is 4. The molecule has 1 aliphatic rings. The van der Waals surface area contributed by atoms with Crippen molar-refractivity contribution < 1.29 is 13.2 Å². The highest BCUT2D eigenvalue weighted by atomic mass is 32.2. The number of hydrogen-bond acceptors (Lipinski definition) is 5. The molecule has 0 radical (unpaired) electrons. The average molecular weight is 378 g/mol. The summed E-state index contributed by atoms with van der Waals surface area (Å²) in [5, 5.41) is 4.27. The lowest BCUT2D eigenvalue weighted by Gasteiger charge is -2.33. The molecule has 0 saturated carbocycles. The molecule has 7 nitrogen and oxygen atoms in total. The van der Waals surface area contributed by atoms with Gasteiger partial charge in [0.1, 0.15) is 5.75 Å². The van der Waals surface area contributed by atoms with Gasteiger partial charge in [0.2, 0.25) is 10.0 Å². The van der Waals surface area contributed by atoms with Gasteiger partial charge in [-0.15, -0.1) is 0 Å². The minimum Gasteiger partial charge on any atom is -0.494 e. The molecule has 0 atom stereocenters. The zero-order chi connectivity index (χ0) is 18.7. The molecule has 1 aromatic carbocycles. The van der Waals surface area contributed by atoms with Gasteiger partial charge in [0.05, 0.1) is 17.7 Å². The molecular weight excluding hydrogens is 352 g/mol. The zero-order valence-electron chi connectivity index (χ0n) is 15.6. The summed E-state index contributed by atoms with van der Waals surface area (Å²) in [6.45, 7) is 7.73. The van der Waals surface area contributed by atoms with Gasteiger partial charge < -0.3 is 4.74 Å². The van der Waals surface area contributed by atoms with E-state index in [1.54, 1.807) is 28.6 Å². The van der Waals surface area contributed by atoms with Crippen molar-refractivity contribution >= 4 is 10.0 Å².